The monoisotopic (exact) mass is 274 g/mol. The molecular weight excluding hydrogens is 252 g/mol. The van der Waals surface area contributed by atoms with Gasteiger partial charge in [0.1, 0.15) is 0 Å². The van der Waals surface area contributed by atoms with Crippen molar-refractivity contribution in [2.24, 2.45) is 0 Å². The lowest BCUT2D eigenvalue weighted by molar-refractivity contribution is -0.146. The Kier molecular flexibility index (Phi) is 8.82. The SMILES string of the molecule is C=C(CC(=O)OCCC(C)O)C(=O)OCCC(C)O. The minimum atomic E-state index is -0.673. The molecule has 0 aliphatic heterocycles. The average Bonchev–Trinajstić information content (AvgIpc) is 2.27. The minimum Gasteiger partial charge on any atom is -0.465 e. The van der Waals surface area contributed by atoms with E-state index in [-0.39, 0.29) is 25.2 Å². The van der Waals surface area contributed by atoms with E-state index in [1.807, 2.05) is 0 Å². The van der Waals surface area contributed by atoms with E-state index < -0.39 is 24.1 Å². The van der Waals surface area contributed by atoms with Gasteiger partial charge in [0.2, 0.25) is 0 Å². The molecule has 0 spiro atoms. The van der Waals surface area contributed by atoms with Crippen LogP contribution in [0.2, 0.25) is 0 Å². The standard InChI is InChI=1S/C13H22O6/c1-9(13(17)19-7-5-11(3)15)8-12(16)18-6-4-10(2)14/h10-11,14-15H,1,4-8H2,2-3H3. The molecule has 0 aromatic heterocycles. The van der Waals surface area contributed by atoms with Crippen molar-refractivity contribution in [3.8, 4) is 0 Å². The van der Waals surface area contributed by atoms with E-state index >= 15 is 0 Å². The van der Waals surface area contributed by atoms with Crippen molar-refractivity contribution in [3.63, 3.8) is 0 Å². The van der Waals surface area contributed by atoms with Gasteiger partial charge in [-0.2, -0.15) is 0 Å². The number of carbonyl (C=O) groups excluding carboxylic acids is 2. The molecule has 6 nitrogen and oxygen atoms in total. The molecule has 0 aromatic carbocycles. The summed E-state index contributed by atoms with van der Waals surface area (Å²) in [6.07, 6.45) is -0.657. The Labute approximate surface area is 113 Å². The molecule has 0 heterocycles. The molecule has 2 unspecified atom stereocenters. The maximum atomic E-state index is 11.4. The Bertz CT molecular complexity index is 308. The third kappa shape index (κ3) is 10.2. The summed E-state index contributed by atoms with van der Waals surface area (Å²) in [5.74, 6) is -1.26. The van der Waals surface area contributed by atoms with E-state index in [2.05, 4.69) is 6.58 Å². The van der Waals surface area contributed by atoms with Gasteiger partial charge < -0.3 is 19.7 Å². The second-order valence-electron chi connectivity index (χ2n) is 4.41. The summed E-state index contributed by atoms with van der Waals surface area (Å²) < 4.78 is 9.62. The van der Waals surface area contributed by atoms with Gasteiger partial charge in [0.05, 0.1) is 31.8 Å². The van der Waals surface area contributed by atoms with Crippen molar-refractivity contribution in [1.82, 2.24) is 0 Å². The van der Waals surface area contributed by atoms with Crippen LogP contribution in [0.3, 0.4) is 0 Å². The molecule has 19 heavy (non-hydrogen) atoms. The molecule has 2 atom stereocenters. The number of ether oxygens (including phenoxy) is 2. The van der Waals surface area contributed by atoms with E-state index in [9.17, 15) is 9.59 Å². The van der Waals surface area contributed by atoms with Crippen LogP contribution in [0.5, 0.6) is 0 Å². The molecular formula is C13H22O6. The van der Waals surface area contributed by atoms with Crippen molar-refractivity contribution in [1.29, 1.82) is 0 Å². The van der Waals surface area contributed by atoms with Gasteiger partial charge >= 0.3 is 11.9 Å². The molecule has 0 fully saturated rings. The Hall–Kier alpha value is -1.40. The zero-order valence-electron chi connectivity index (χ0n) is 11.4. The summed E-state index contributed by atoms with van der Waals surface area (Å²) in [5, 5.41) is 18.0. The fourth-order valence-electron chi connectivity index (χ4n) is 1.06. The molecule has 0 aliphatic rings. The highest BCUT2D eigenvalue weighted by atomic mass is 16.5. The molecule has 0 rings (SSSR count). The summed E-state index contributed by atoms with van der Waals surface area (Å²) in [6.45, 7) is 6.80. The summed E-state index contributed by atoms with van der Waals surface area (Å²) in [4.78, 5) is 22.7. The number of aliphatic hydroxyl groups excluding tert-OH is 2. The first-order chi connectivity index (χ1) is 8.82. The lowest BCUT2D eigenvalue weighted by Gasteiger charge is -2.09. The normalized spacial score (nSPS) is 13.5. The molecule has 0 saturated heterocycles. The van der Waals surface area contributed by atoms with Gasteiger partial charge in [-0.15, -0.1) is 0 Å². The number of rotatable bonds is 9. The summed E-state index contributed by atoms with van der Waals surface area (Å²) in [5.41, 5.74) is 0.00707. The maximum Gasteiger partial charge on any atom is 0.333 e. The number of hydrogen-bond acceptors (Lipinski definition) is 6. The first-order valence-corrected chi connectivity index (χ1v) is 6.19. The topological polar surface area (TPSA) is 93.1 Å². The van der Waals surface area contributed by atoms with Gasteiger partial charge in [0, 0.05) is 18.4 Å². The first kappa shape index (κ1) is 17.6. The number of hydrogen-bond donors (Lipinski definition) is 2. The van der Waals surface area contributed by atoms with Gasteiger partial charge in [-0.1, -0.05) is 6.58 Å². The molecule has 110 valence electrons. The predicted molar refractivity (Wildman–Crippen MR) is 68.3 cm³/mol. The zero-order valence-corrected chi connectivity index (χ0v) is 11.4. The number of aliphatic hydroxyl groups is 2. The van der Waals surface area contributed by atoms with Crippen LogP contribution in [-0.4, -0.2) is 47.6 Å². The van der Waals surface area contributed by atoms with Gasteiger partial charge in [0.25, 0.3) is 0 Å². The molecule has 0 amide bonds. The van der Waals surface area contributed by atoms with Crippen LogP contribution in [0.1, 0.15) is 33.1 Å². The van der Waals surface area contributed by atoms with Crippen molar-refractivity contribution >= 4 is 11.9 Å². The quantitative estimate of drug-likeness (QED) is 0.471. The smallest absolute Gasteiger partial charge is 0.333 e. The molecule has 0 bridgehead atoms. The second kappa shape index (κ2) is 9.52. The van der Waals surface area contributed by atoms with Gasteiger partial charge in [-0.25, -0.2) is 4.79 Å². The van der Waals surface area contributed by atoms with Gasteiger partial charge in [-0.3, -0.25) is 4.79 Å². The highest BCUT2D eigenvalue weighted by molar-refractivity contribution is 5.93. The maximum absolute atomic E-state index is 11.4. The highest BCUT2D eigenvalue weighted by Crippen LogP contribution is 2.05. The lowest BCUT2D eigenvalue weighted by atomic mass is 10.2. The average molecular weight is 274 g/mol. The first-order valence-electron chi connectivity index (χ1n) is 6.19. The van der Waals surface area contributed by atoms with E-state index in [1.165, 1.54) is 0 Å². The van der Waals surface area contributed by atoms with Gasteiger partial charge in [0.15, 0.2) is 0 Å². The third-order valence-electron chi connectivity index (χ3n) is 2.21. The Morgan fingerprint density at radius 2 is 1.53 bits per heavy atom. The number of carbonyl (C=O) groups is 2. The van der Waals surface area contributed by atoms with Crippen LogP contribution >= 0.6 is 0 Å². The largest absolute Gasteiger partial charge is 0.465 e. The molecule has 0 radical (unpaired) electrons. The second-order valence-corrected chi connectivity index (χ2v) is 4.41. The molecule has 2 N–H and O–H groups in total. The van der Waals surface area contributed by atoms with E-state index in [0.29, 0.717) is 12.8 Å². The minimum absolute atomic E-state index is 0.00707. The van der Waals surface area contributed by atoms with Crippen LogP contribution in [0.25, 0.3) is 0 Å². The molecule has 0 saturated carbocycles. The van der Waals surface area contributed by atoms with Crippen LogP contribution in [0.15, 0.2) is 12.2 Å². The van der Waals surface area contributed by atoms with Crippen LogP contribution in [0, 0.1) is 0 Å². The van der Waals surface area contributed by atoms with Crippen molar-refractivity contribution in [2.45, 2.75) is 45.3 Å². The van der Waals surface area contributed by atoms with Crippen molar-refractivity contribution in [2.75, 3.05) is 13.2 Å². The van der Waals surface area contributed by atoms with Crippen LogP contribution in [-0.2, 0) is 19.1 Å². The predicted octanol–water partition coefficient (Wildman–Crippen LogP) is 0.561. The van der Waals surface area contributed by atoms with Crippen molar-refractivity contribution < 1.29 is 29.3 Å². The summed E-state index contributed by atoms with van der Waals surface area (Å²) in [6, 6.07) is 0. The number of esters is 2. The molecule has 0 aliphatic carbocycles. The molecule has 6 heteroatoms. The van der Waals surface area contributed by atoms with Crippen molar-refractivity contribution in [3.05, 3.63) is 12.2 Å². The fourth-order valence-corrected chi connectivity index (χ4v) is 1.06. The Morgan fingerprint density at radius 1 is 1.05 bits per heavy atom. The third-order valence-corrected chi connectivity index (χ3v) is 2.21. The van der Waals surface area contributed by atoms with E-state index in [1.54, 1.807) is 13.8 Å². The van der Waals surface area contributed by atoms with E-state index in [4.69, 9.17) is 19.7 Å². The lowest BCUT2D eigenvalue weighted by Crippen LogP contribution is -2.16. The Morgan fingerprint density at radius 3 is 2.00 bits per heavy atom. The van der Waals surface area contributed by atoms with Crippen LogP contribution in [0.4, 0.5) is 0 Å². The highest BCUT2D eigenvalue weighted by Gasteiger charge is 2.14. The Balaban J connectivity index is 3.82. The fraction of sp³-hybridized carbons (Fsp3) is 0.692. The summed E-state index contributed by atoms with van der Waals surface area (Å²) in [7, 11) is 0. The molecule has 0 aromatic rings. The summed E-state index contributed by atoms with van der Waals surface area (Å²) >= 11 is 0. The van der Waals surface area contributed by atoms with Crippen LogP contribution < -0.4 is 0 Å². The van der Waals surface area contributed by atoms with E-state index in [0.717, 1.165) is 0 Å². The van der Waals surface area contributed by atoms with Gasteiger partial charge in [-0.05, 0) is 13.8 Å². The zero-order chi connectivity index (χ0) is 14.8.